The van der Waals surface area contributed by atoms with E-state index in [0.717, 1.165) is 26.1 Å². The summed E-state index contributed by atoms with van der Waals surface area (Å²) in [5, 5.41) is 1.73. The predicted octanol–water partition coefficient (Wildman–Crippen LogP) is 0.134. The summed E-state index contributed by atoms with van der Waals surface area (Å²) in [4.78, 5) is 2.28. The van der Waals surface area contributed by atoms with E-state index in [1.807, 2.05) is 7.05 Å². The van der Waals surface area contributed by atoms with Crippen molar-refractivity contribution >= 4 is 0 Å². The van der Waals surface area contributed by atoms with Crippen LogP contribution in [0.2, 0.25) is 0 Å². The molecule has 0 unspecified atom stereocenters. The largest absolute Gasteiger partial charge is 0.307 e. The van der Waals surface area contributed by atoms with Gasteiger partial charge < -0.3 is 4.90 Å². The molecule has 0 saturated carbocycles. The number of rotatable bonds is 5. The van der Waals surface area contributed by atoms with Crippen LogP contribution in [0.5, 0.6) is 0 Å². The van der Waals surface area contributed by atoms with E-state index >= 15 is 0 Å². The zero-order valence-corrected chi connectivity index (χ0v) is 7.30. The Morgan fingerprint density at radius 1 is 1.20 bits per heavy atom. The third kappa shape index (κ3) is 6.01. The van der Waals surface area contributed by atoms with E-state index in [9.17, 15) is 0 Å². The lowest BCUT2D eigenvalue weighted by molar-refractivity contribution is 0.291. The first-order chi connectivity index (χ1) is 4.66. The van der Waals surface area contributed by atoms with Gasteiger partial charge in [0.25, 0.3) is 0 Å². The van der Waals surface area contributed by atoms with Gasteiger partial charge in [0.15, 0.2) is 0 Å². The van der Waals surface area contributed by atoms with Crippen molar-refractivity contribution in [1.82, 2.24) is 9.91 Å². The fraction of sp³-hybridized carbons (Fsp3) is 1.00. The van der Waals surface area contributed by atoms with Gasteiger partial charge in [-0.2, -0.15) is 0 Å². The van der Waals surface area contributed by atoms with Gasteiger partial charge in [-0.15, -0.1) is 0 Å². The smallest absolute Gasteiger partial charge is 0.0137 e. The van der Waals surface area contributed by atoms with E-state index in [0.29, 0.717) is 0 Å². The van der Waals surface area contributed by atoms with E-state index in [1.54, 1.807) is 5.01 Å². The normalized spacial score (nSPS) is 11.4. The summed E-state index contributed by atoms with van der Waals surface area (Å²) in [5.74, 6) is 5.43. The monoisotopic (exact) mass is 145 g/mol. The van der Waals surface area contributed by atoms with Gasteiger partial charge in [0, 0.05) is 13.6 Å². The van der Waals surface area contributed by atoms with Gasteiger partial charge in [0.2, 0.25) is 0 Å². The first kappa shape index (κ1) is 9.88. The summed E-state index contributed by atoms with van der Waals surface area (Å²) < 4.78 is 0. The van der Waals surface area contributed by atoms with Crippen LogP contribution in [0.3, 0.4) is 0 Å². The summed E-state index contributed by atoms with van der Waals surface area (Å²) in [6, 6.07) is 0. The second-order valence-electron chi connectivity index (χ2n) is 2.73. The summed E-state index contributed by atoms with van der Waals surface area (Å²) in [6.45, 7) is 5.39. The number of hydrogen-bond donors (Lipinski definition) is 1. The van der Waals surface area contributed by atoms with E-state index in [2.05, 4.69) is 18.9 Å². The molecule has 0 amide bonds. The average molecular weight is 145 g/mol. The van der Waals surface area contributed by atoms with Crippen LogP contribution in [0.1, 0.15) is 13.3 Å². The van der Waals surface area contributed by atoms with Gasteiger partial charge in [-0.3, -0.25) is 10.9 Å². The Kier molecular flexibility index (Phi) is 5.58. The average Bonchev–Trinajstić information content (AvgIpc) is 1.87. The molecule has 0 aromatic heterocycles. The lowest BCUT2D eigenvalue weighted by atomic mass is 10.4. The Morgan fingerprint density at radius 2 is 1.80 bits per heavy atom. The van der Waals surface area contributed by atoms with Crippen LogP contribution >= 0.6 is 0 Å². The Labute approximate surface area is 63.8 Å². The zero-order chi connectivity index (χ0) is 7.98. The van der Waals surface area contributed by atoms with Crippen molar-refractivity contribution in [3.05, 3.63) is 0 Å². The maximum Gasteiger partial charge on any atom is 0.0137 e. The first-order valence-electron chi connectivity index (χ1n) is 3.81. The molecular formula is C7H19N3. The van der Waals surface area contributed by atoms with E-state index in [1.165, 1.54) is 0 Å². The second-order valence-corrected chi connectivity index (χ2v) is 2.73. The zero-order valence-electron chi connectivity index (χ0n) is 7.30. The van der Waals surface area contributed by atoms with Gasteiger partial charge in [-0.25, -0.2) is 0 Å². The molecule has 0 rings (SSSR count). The van der Waals surface area contributed by atoms with Crippen molar-refractivity contribution in [2.45, 2.75) is 13.3 Å². The van der Waals surface area contributed by atoms with E-state index in [4.69, 9.17) is 5.84 Å². The van der Waals surface area contributed by atoms with Gasteiger partial charge in [0.1, 0.15) is 0 Å². The number of hydrazine groups is 1. The molecule has 0 saturated heterocycles. The molecule has 2 N–H and O–H groups in total. The fourth-order valence-electron chi connectivity index (χ4n) is 0.748. The van der Waals surface area contributed by atoms with Gasteiger partial charge >= 0.3 is 0 Å². The molecule has 0 heterocycles. The number of nitrogens with zero attached hydrogens (tertiary/aromatic N) is 2. The molecule has 0 bridgehead atoms. The molecule has 3 nitrogen and oxygen atoms in total. The van der Waals surface area contributed by atoms with E-state index < -0.39 is 0 Å². The topological polar surface area (TPSA) is 32.5 Å². The third-order valence-electron chi connectivity index (χ3n) is 1.59. The lowest BCUT2D eigenvalue weighted by Crippen LogP contribution is -2.30. The van der Waals surface area contributed by atoms with Crippen molar-refractivity contribution in [3.8, 4) is 0 Å². The van der Waals surface area contributed by atoms with Crippen molar-refractivity contribution < 1.29 is 0 Å². The van der Waals surface area contributed by atoms with Crippen LogP contribution in [0, 0.1) is 0 Å². The molecule has 0 aromatic carbocycles. The predicted molar refractivity (Wildman–Crippen MR) is 44.6 cm³/mol. The Morgan fingerprint density at radius 3 is 2.20 bits per heavy atom. The molecule has 0 spiro atoms. The summed E-state index contributed by atoms with van der Waals surface area (Å²) >= 11 is 0. The molecule has 0 radical (unpaired) electrons. The van der Waals surface area contributed by atoms with Crippen molar-refractivity contribution in [3.63, 3.8) is 0 Å². The van der Waals surface area contributed by atoms with Crippen molar-refractivity contribution in [2.75, 3.05) is 33.7 Å². The molecule has 0 aliphatic carbocycles. The van der Waals surface area contributed by atoms with Crippen molar-refractivity contribution in [2.24, 2.45) is 5.84 Å². The van der Waals surface area contributed by atoms with Crippen LogP contribution < -0.4 is 5.84 Å². The van der Waals surface area contributed by atoms with Gasteiger partial charge in [0.05, 0.1) is 0 Å². The molecule has 62 valence electrons. The molecule has 0 aliphatic rings. The molecule has 0 aromatic rings. The quantitative estimate of drug-likeness (QED) is 0.441. The molecular weight excluding hydrogens is 126 g/mol. The summed E-state index contributed by atoms with van der Waals surface area (Å²) in [7, 11) is 4.02. The van der Waals surface area contributed by atoms with Crippen LogP contribution in [0.15, 0.2) is 0 Å². The fourth-order valence-corrected chi connectivity index (χ4v) is 0.748. The summed E-state index contributed by atoms with van der Waals surface area (Å²) in [6.07, 6.45) is 1.15. The standard InChI is InChI=1S/C7H19N3/c1-4-9(2)6-5-7-10(3)8/h4-8H2,1-3H3. The first-order valence-corrected chi connectivity index (χ1v) is 3.81. The molecule has 3 heteroatoms. The van der Waals surface area contributed by atoms with Gasteiger partial charge in [-0.1, -0.05) is 6.92 Å². The van der Waals surface area contributed by atoms with Crippen LogP contribution in [0.4, 0.5) is 0 Å². The lowest BCUT2D eigenvalue weighted by Gasteiger charge is -2.15. The van der Waals surface area contributed by atoms with Gasteiger partial charge in [-0.05, 0) is 26.6 Å². The summed E-state index contributed by atoms with van der Waals surface area (Å²) in [5.41, 5.74) is 0. The molecule has 0 atom stereocenters. The van der Waals surface area contributed by atoms with Crippen molar-refractivity contribution in [1.29, 1.82) is 0 Å². The minimum atomic E-state index is 0.977. The highest BCUT2D eigenvalue weighted by molar-refractivity contribution is 4.49. The maximum absolute atomic E-state index is 5.43. The highest BCUT2D eigenvalue weighted by Gasteiger charge is 1.94. The Balaban J connectivity index is 3.03. The maximum atomic E-state index is 5.43. The van der Waals surface area contributed by atoms with Crippen LogP contribution in [-0.2, 0) is 0 Å². The highest BCUT2D eigenvalue weighted by Crippen LogP contribution is 1.86. The van der Waals surface area contributed by atoms with Crippen LogP contribution in [0.25, 0.3) is 0 Å². The van der Waals surface area contributed by atoms with Crippen LogP contribution in [-0.4, -0.2) is 43.6 Å². The molecule has 0 fully saturated rings. The Hall–Kier alpha value is -0.120. The second kappa shape index (κ2) is 5.65. The SMILES string of the molecule is CCN(C)CCCN(C)N. The Bertz CT molecular complexity index is 73.3. The number of nitrogens with two attached hydrogens (primary N) is 1. The third-order valence-corrected chi connectivity index (χ3v) is 1.59. The highest BCUT2D eigenvalue weighted by atomic mass is 15.4. The number of hydrogen-bond acceptors (Lipinski definition) is 3. The minimum absolute atomic E-state index is 0.977. The minimum Gasteiger partial charge on any atom is -0.307 e. The molecule has 0 aliphatic heterocycles. The van der Waals surface area contributed by atoms with E-state index in [-0.39, 0.29) is 0 Å². The molecule has 10 heavy (non-hydrogen) atoms.